The van der Waals surface area contributed by atoms with Crippen molar-refractivity contribution in [3.8, 4) is 0 Å². The normalized spacial score (nSPS) is 14.1. The molecule has 0 spiro atoms. The Hall–Kier alpha value is -0.140. The van der Waals surface area contributed by atoms with E-state index >= 15 is 0 Å². The van der Waals surface area contributed by atoms with Gasteiger partial charge in [-0.1, -0.05) is 26.7 Å². The zero-order chi connectivity index (χ0) is 7.98. The van der Waals surface area contributed by atoms with Gasteiger partial charge in [-0.3, -0.25) is 0 Å². The summed E-state index contributed by atoms with van der Waals surface area (Å²) >= 11 is 0. The maximum atomic E-state index is 12.0. The van der Waals surface area contributed by atoms with Crippen molar-refractivity contribution < 1.29 is 8.78 Å². The number of alkyl halides is 2. The third-order valence-electron chi connectivity index (χ3n) is 1.81. The van der Waals surface area contributed by atoms with Gasteiger partial charge in [0.25, 0.3) is 0 Å². The number of rotatable bonds is 5. The van der Waals surface area contributed by atoms with E-state index in [0.717, 1.165) is 12.8 Å². The second-order valence-electron chi connectivity index (χ2n) is 2.65. The van der Waals surface area contributed by atoms with Crippen molar-refractivity contribution in [3.05, 3.63) is 0 Å². The molecule has 0 aromatic heterocycles. The van der Waals surface area contributed by atoms with E-state index in [1.807, 2.05) is 13.8 Å². The minimum absolute atomic E-state index is 0.361. The Bertz CT molecular complexity index is 71.7. The van der Waals surface area contributed by atoms with Gasteiger partial charge in [-0.05, 0) is 12.8 Å². The first kappa shape index (κ1) is 9.86. The van der Waals surface area contributed by atoms with Crippen LogP contribution in [0.3, 0.4) is 0 Å². The van der Waals surface area contributed by atoms with Gasteiger partial charge in [0, 0.05) is 5.92 Å². The van der Waals surface area contributed by atoms with Crippen molar-refractivity contribution in [1.29, 1.82) is 0 Å². The summed E-state index contributed by atoms with van der Waals surface area (Å²) in [7, 11) is 0. The highest BCUT2D eigenvalue weighted by molar-refractivity contribution is 4.58. The number of hydrogen-bond donors (Lipinski definition) is 0. The van der Waals surface area contributed by atoms with Gasteiger partial charge in [-0.25, -0.2) is 8.78 Å². The first-order valence-electron chi connectivity index (χ1n) is 4.00. The summed E-state index contributed by atoms with van der Waals surface area (Å²) in [6.45, 7) is 3.85. The van der Waals surface area contributed by atoms with Crippen LogP contribution in [0.4, 0.5) is 8.78 Å². The van der Waals surface area contributed by atoms with E-state index in [4.69, 9.17) is 0 Å². The molecule has 0 fully saturated rings. The SMILES string of the molecule is CCCCC(CC)C(F)F. The molecule has 0 heterocycles. The fourth-order valence-corrected chi connectivity index (χ4v) is 0.975. The van der Waals surface area contributed by atoms with Crippen LogP contribution in [0.5, 0.6) is 0 Å². The smallest absolute Gasteiger partial charge is 0.210 e. The molecule has 10 heavy (non-hydrogen) atoms. The second-order valence-corrected chi connectivity index (χ2v) is 2.65. The molecule has 0 bridgehead atoms. The molecule has 0 saturated heterocycles. The summed E-state index contributed by atoms with van der Waals surface area (Å²) in [6, 6.07) is 0. The van der Waals surface area contributed by atoms with E-state index in [0.29, 0.717) is 12.8 Å². The van der Waals surface area contributed by atoms with Crippen LogP contribution in [0.15, 0.2) is 0 Å². The molecule has 62 valence electrons. The van der Waals surface area contributed by atoms with Gasteiger partial charge < -0.3 is 0 Å². The molecular formula is C8H16F2. The largest absolute Gasteiger partial charge is 0.241 e. The summed E-state index contributed by atoms with van der Waals surface area (Å²) < 4.78 is 24.0. The molecule has 0 amide bonds. The van der Waals surface area contributed by atoms with Crippen molar-refractivity contribution >= 4 is 0 Å². The summed E-state index contributed by atoms with van der Waals surface area (Å²) in [5.41, 5.74) is 0. The summed E-state index contributed by atoms with van der Waals surface area (Å²) in [4.78, 5) is 0. The minimum Gasteiger partial charge on any atom is -0.210 e. The van der Waals surface area contributed by atoms with Gasteiger partial charge in [0.15, 0.2) is 0 Å². The Morgan fingerprint density at radius 3 is 2.10 bits per heavy atom. The lowest BCUT2D eigenvalue weighted by Gasteiger charge is -2.11. The molecule has 0 saturated carbocycles. The molecule has 0 rings (SSSR count). The molecule has 2 heteroatoms. The molecule has 0 aromatic carbocycles. The van der Waals surface area contributed by atoms with Gasteiger partial charge in [-0.15, -0.1) is 0 Å². The molecule has 0 aliphatic rings. The highest BCUT2D eigenvalue weighted by atomic mass is 19.3. The number of hydrogen-bond acceptors (Lipinski definition) is 0. The molecular weight excluding hydrogens is 134 g/mol. The van der Waals surface area contributed by atoms with Crippen molar-refractivity contribution in [3.63, 3.8) is 0 Å². The zero-order valence-electron chi connectivity index (χ0n) is 6.74. The van der Waals surface area contributed by atoms with Crippen LogP contribution in [0.2, 0.25) is 0 Å². The van der Waals surface area contributed by atoms with Crippen LogP contribution in [-0.2, 0) is 0 Å². The fraction of sp³-hybridized carbons (Fsp3) is 1.00. The molecule has 1 unspecified atom stereocenters. The van der Waals surface area contributed by atoms with E-state index in [-0.39, 0.29) is 5.92 Å². The Labute approximate surface area is 61.6 Å². The number of halogens is 2. The fourth-order valence-electron chi connectivity index (χ4n) is 0.975. The molecule has 0 aliphatic carbocycles. The van der Waals surface area contributed by atoms with Crippen LogP contribution in [-0.4, -0.2) is 6.43 Å². The Morgan fingerprint density at radius 1 is 1.20 bits per heavy atom. The molecule has 0 aromatic rings. The Balaban J connectivity index is 3.40. The highest BCUT2D eigenvalue weighted by Gasteiger charge is 2.16. The van der Waals surface area contributed by atoms with Gasteiger partial charge in [0.2, 0.25) is 6.43 Å². The average Bonchev–Trinajstić information content (AvgIpc) is 1.89. The standard InChI is InChI=1S/C8H16F2/c1-3-5-6-7(4-2)8(9)10/h7-8H,3-6H2,1-2H3. The predicted octanol–water partition coefficient (Wildman–Crippen LogP) is 3.47. The van der Waals surface area contributed by atoms with E-state index in [1.165, 1.54) is 0 Å². The molecule has 0 nitrogen and oxygen atoms in total. The van der Waals surface area contributed by atoms with Gasteiger partial charge in [-0.2, -0.15) is 0 Å². The van der Waals surface area contributed by atoms with Crippen molar-refractivity contribution in [2.75, 3.05) is 0 Å². The second kappa shape index (κ2) is 5.63. The zero-order valence-corrected chi connectivity index (χ0v) is 6.74. The average molecular weight is 150 g/mol. The minimum atomic E-state index is -2.11. The van der Waals surface area contributed by atoms with Crippen molar-refractivity contribution in [2.45, 2.75) is 46.0 Å². The molecule has 0 aliphatic heterocycles. The first-order valence-corrected chi connectivity index (χ1v) is 4.00. The van der Waals surface area contributed by atoms with Crippen LogP contribution in [0, 0.1) is 5.92 Å². The third-order valence-corrected chi connectivity index (χ3v) is 1.81. The van der Waals surface area contributed by atoms with Gasteiger partial charge >= 0.3 is 0 Å². The van der Waals surface area contributed by atoms with Crippen LogP contribution >= 0.6 is 0 Å². The van der Waals surface area contributed by atoms with Gasteiger partial charge in [0.05, 0.1) is 0 Å². The van der Waals surface area contributed by atoms with E-state index in [2.05, 4.69) is 0 Å². The van der Waals surface area contributed by atoms with Crippen molar-refractivity contribution in [1.82, 2.24) is 0 Å². The van der Waals surface area contributed by atoms with Crippen LogP contribution in [0.1, 0.15) is 39.5 Å². The maximum Gasteiger partial charge on any atom is 0.241 e. The highest BCUT2D eigenvalue weighted by Crippen LogP contribution is 2.19. The molecule has 0 radical (unpaired) electrons. The monoisotopic (exact) mass is 150 g/mol. The third kappa shape index (κ3) is 3.80. The van der Waals surface area contributed by atoms with Crippen LogP contribution in [0.25, 0.3) is 0 Å². The lowest BCUT2D eigenvalue weighted by molar-refractivity contribution is 0.0690. The topological polar surface area (TPSA) is 0 Å². The lowest BCUT2D eigenvalue weighted by Crippen LogP contribution is -2.09. The summed E-state index contributed by atoms with van der Waals surface area (Å²) in [5, 5.41) is 0. The van der Waals surface area contributed by atoms with Crippen LogP contribution < -0.4 is 0 Å². The lowest BCUT2D eigenvalue weighted by atomic mass is 10.0. The quantitative estimate of drug-likeness (QED) is 0.563. The predicted molar refractivity (Wildman–Crippen MR) is 39.3 cm³/mol. The summed E-state index contributed by atoms with van der Waals surface area (Å²) in [6.07, 6.45) is 1.13. The van der Waals surface area contributed by atoms with E-state index in [9.17, 15) is 8.78 Å². The van der Waals surface area contributed by atoms with Crippen molar-refractivity contribution in [2.24, 2.45) is 5.92 Å². The van der Waals surface area contributed by atoms with Gasteiger partial charge in [0.1, 0.15) is 0 Å². The Kier molecular flexibility index (Phi) is 5.55. The van der Waals surface area contributed by atoms with E-state index in [1.54, 1.807) is 0 Å². The summed E-state index contributed by atoms with van der Waals surface area (Å²) in [5.74, 6) is -0.361. The maximum absolute atomic E-state index is 12.0. The van der Waals surface area contributed by atoms with E-state index < -0.39 is 6.43 Å². The molecule has 0 N–H and O–H groups in total. The first-order chi connectivity index (χ1) is 4.72. The molecule has 1 atom stereocenters. The number of unbranched alkanes of at least 4 members (excludes halogenated alkanes) is 1. The Morgan fingerprint density at radius 2 is 1.80 bits per heavy atom.